The number of aromatic nitrogens is 4. The van der Waals surface area contributed by atoms with E-state index in [1.54, 1.807) is 0 Å². The summed E-state index contributed by atoms with van der Waals surface area (Å²) in [4.78, 5) is 44.5. The van der Waals surface area contributed by atoms with E-state index in [4.69, 9.17) is 4.98 Å². The van der Waals surface area contributed by atoms with Crippen molar-refractivity contribution in [1.82, 2.24) is 24.0 Å². The Hall–Kier alpha value is -3.16. The van der Waals surface area contributed by atoms with E-state index in [0.717, 1.165) is 29.7 Å². The first-order chi connectivity index (χ1) is 13.0. The number of hydrogen-bond donors (Lipinski definition) is 1. The number of likely N-dealkylation sites (tertiary alicyclic amines) is 1. The molecule has 0 bridgehead atoms. The number of rotatable bonds is 4. The lowest BCUT2D eigenvalue weighted by Crippen LogP contribution is -2.34. The van der Waals surface area contributed by atoms with Gasteiger partial charge in [-0.05, 0) is 25.0 Å². The van der Waals surface area contributed by atoms with Gasteiger partial charge in [-0.25, -0.2) is 9.78 Å². The predicted octanol–water partition coefficient (Wildman–Crippen LogP) is 1.18. The van der Waals surface area contributed by atoms with Crippen LogP contribution in [0.3, 0.4) is 0 Å². The van der Waals surface area contributed by atoms with Crippen molar-refractivity contribution >= 4 is 16.9 Å². The highest BCUT2D eigenvalue weighted by Crippen LogP contribution is 2.33. The molecule has 2 aromatic heterocycles. The van der Waals surface area contributed by atoms with Crippen LogP contribution in [0.1, 0.15) is 31.1 Å². The Bertz CT molecular complexity index is 1110. The molecule has 1 atom stereocenters. The third kappa shape index (κ3) is 3.18. The van der Waals surface area contributed by atoms with Crippen LogP contribution < -0.4 is 11.2 Å². The maximum absolute atomic E-state index is 12.8. The smallest absolute Gasteiger partial charge is 0.328 e. The lowest BCUT2D eigenvalue weighted by molar-refractivity contribution is -0.132. The van der Waals surface area contributed by atoms with Crippen molar-refractivity contribution in [3.8, 4) is 0 Å². The Morgan fingerprint density at radius 2 is 2.07 bits per heavy atom. The number of carbonyl (C=O) groups excluding carboxylic acids is 1. The summed E-state index contributed by atoms with van der Waals surface area (Å²) in [6.45, 7) is 0.924. The summed E-state index contributed by atoms with van der Waals surface area (Å²) in [5, 5.41) is 0. The van der Waals surface area contributed by atoms with Crippen LogP contribution in [0.5, 0.6) is 0 Å². The standard InChI is InChI=1S/C19H21N5O3/c1-22-14-6-3-2-5-13(14)20-18(22)15-7-4-10-24(15)17(26)9-12-23-11-8-16(25)21-19(23)27/h2-3,5-6,8,11,15H,4,7,9-10,12H2,1H3,(H,21,25,27). The number of benzene rings is 1. The van der Waals surface area contributed by atoms with Crippen molar-refractivity contribution in [2.75, 3.05) is 6.54 Å². The number of fused-ring (bicyclic) bond motifs is 1. The van der Waals surface area contributed by atoms with Gasteiger partial charge in [-0.1, -0.05) is 12.1 Å². The SMILES string of the molecule is Cn1c(C2CCCN2C(=O)CCn2ccc(=O)[nH]c2=O)nc2ccccc21. The molecule has 4 rings (SSSR count). The minimum absolute atomic E-state index is 0.0114. The molecule has 3 heterocycles. The maximum atomic E-state index is 12.8. The molecule has 140 valence electrons. The predicted molar refractivity (Wildman–Crippen MR) is 100 cm³/mol. The van der Waals surface area contributed by atoms with Crippen molar-refractivity contribution in [2.45, 2.75) is 31.8 Å². The van der Waals surface area contributed by atoms with Crippen molar-refractivity contribution in [2.24, 2.45) is 7.05 Å². The number of aryl methyl sites for hydroxylation is 2. The first kappa shape index (κ1) is 17.3. The van der Waals surface area contributed by atoms with Crippen LogP contribution in [-0.4, -0.2) is 36.5 Å². The van der Waals surface area contributed by atoms with Crippen LogP contribution in [0, 0.1) is 0 Å². The molecule has 0 saturated carbocycles. The number of nitrogens with zero attached hydrogens (tertiary/aromatic N) is 4. The van der Waals surface area contributed by atoms with Gasteiger partial charge in [0, 0.05) is 38.8 Å². The van der Waals surface area contributed by atoms with E-state index in [9.17, 15) is 14.4 Å². The van der Waals surface area contributed by atoms with E-state index in [2.05, 4.69) is 9.55 Å². The largest absolute Gasteiger partial charge is 0.332 e. The second-order valence-electron chi connectivity index (χ2n) is 6.82. The summed E-state index contributed by atoms with van der Waals surface area (Å²) in [5.41, 5.74) is 1.04. The number of nitrogens with one attached hydrogen (secondary N) is 1. The summed E-state index contributed by atoms with van der Waals surface area (Å²) in [6.07, 6.45) is 3.42. The van der Waals surface area contributed by atoms with Crippen molar-refractivity contribution in [3.05, 3.63) is 63.2 Å². The Balaban J connectivity index is 1.53. The highest BCUT2D eigenvalue weighted by atomic mass is 16.2. The Labute approximate surface area is 155 Å². The molecule has 27 heavy (non-hydrogen) atoms. The van der Waals surface area contributed by atoms with Crippen LogP contribution in [0.4, 0.5) is 0 Å². The third-order valence-corrected chi connectivity index (χ3v) is 5.16. The molecular formula is C19H21N5O3. The molecule has 8 nitrogen and oxygen atoms in total. The normalized spacial score (nSPS) is 16.9. The average Bonchev–Trinajstić information content (AvgIpc) is 3.26. The van der Waals surface area contributed by atoms with Gasteiger partial charge in [-0.15, -0.1) is 0 Å². The molecule has 1 fully saturated rings. The van der Waals surface area contributed by atoms with Gasteiger partial charge in [0.15, 0.2) is 0 Å². The monoisotopic (exact) mass is 367 g/mol. The Kier molecular flexibility index (Phi) is 4.39. The van der Waals surface area contributed by atoms with Gasteiger partial charge in [0.05, 0.1) is 17.1 Å². The molecule has 0 spiro atoms. The lowest BCUT2D eigenvalue weighted by atomic mass is 10.2. The molecule has 1 aliphatic rings. The fourth-order valence-corrected chi connectivity index (χ4v) is 3.78. The number of aromatic amines is 1. The topological polar surface area (TPSA) is 93.0 Å². The first-order valence-corrected chi connectivity index (χ1v) is 9.05. The number of amides is 1. The molecule has 1 N–H and O–H groups in total. The third-order valence-electron chi connectivity index (χ3n) is 5.16. The summed E-state index contributed by atoms with van der Waals surface area (Å²) < 4.78 is 3.40. The van der Waals surface area contributed by atoms with Gasteiger partial charge in [-0.3, -0.25) is 14.6 Å². The number of H-pyrrole nitrogens is 1. The van der Waals surface area contributed by atoms with E-state index < -0.39 is 11.2 Å². The zero-order valence-corrected chi connectivity index (χ0v) is 15.1. The minimum atomic E-state index is -0.497. The highest BCUT2D eigenvalue weighted by Gasteiger charge is 2.32. The van der Waals surface area contributed by atoms with E-state index in [-0.39, 0.29) is 24.9 Å². The van der Waals surface area contributed by atoms with Crippen molar-refractivity contribution in [1.29, 1.82) is 0 Å². The lowest BCUT2D eigenvalue weighted by Gasteiger charge is -2.24. The number of imidazole rings is 1. The van der Waals surface area contributed by atoms with Crippen LogP contribution in [0.25, 0.3) is 11.0 Å². The molecule has 1 aromatic carbocycles. The molecule has 1 aliphatic heterocycles. The van der Waals surface area contributed by atoms with E-state index in [0.29, 0.717) is 6.54 Å². The number of carbonyl (C=O) groups is 1. The zero-order valence-electron chi connectivity index (χ0n) is 15.1. The van der Waals surface area contributed by atoms with E-state index in [1.807, 2.05) is 36.2 Å². The molecule has 0 radical (unpaired) electrons. The van der Waals surface area contributed by atoms with Gasteiger partial charge < -0.3 is 14.0 Å². The van der Waals surface area contributed by atoms with Crippen molar-refractivity contribution in [3.63, 3.8) is 0 Å². The van der Waals surface area contributed by atoms with Crippen molar-refractivity contribution < 1.29 is 4.79 Å². The van der Waals surface area contributed by atoms with Crippen LogP contribution in [-0.2, 0) is 18.4 Å². The van der Waals surface area contributed by atoms with Crippen LogP contribution >= 0.6 is 0 Å². The maximum Gasteiger partial charge on any atom is 0.328 e. The molecule has 1 amide bonds. The summed E-state index contributed by atoms with van der Waals surface area (Å²) >= 11 is 0. The Morgan fingerprint density at radius 1 is 1.26 bits per heavy atom. The van der Waals surface area contributed by atoms with Crippen LogP contribution in [0.2, 0.25) is 0 Å². The summed E-state index contributed by atoms with van der Waals surface area (Å²) in [5.74, 6) is 0.880. The van der Waals surface area contributed by atoms with E-state index in [1.165, 1.54) is 16.8 Å². The fraction of sp³-hybridized carbons (Fsp3) is 0.368. The van der Waals surface area contributed by atoms with Gasteiger partial charge in [0.2, 0.25) is 5.91 Å². The van der Waals surface area contributed by atoms with Crippen LogP contribution in [0.15, 0.2) is 46.1 Å². The quantitative estimate of drug-likeness (QED) is 0.749. The second-order valence-corrected chi connectivity index (χ2v) is 6.82. The highest BCUT2D eigenvalue weighted by molar-refractivity contribution is 5.78. The molecule has 1 unspecified atom stereocenters. The molecule has 0 aliphatic carbocycles. The fourth-order valence-electron chi connectivity index (χ4n) is 3.78. The van der Waals surface area contributed by atoms with Gasteiger partial charge in [0.1, 0.15) is 5.82 Å². The summed E-state index contributed by atoms with van der Waals surface area (Å²) in [7, 11) is 1.98. The van der Waals surface area contributed by atoms with Gasteiger partial charge >= 0.3 is 5.69 Å². The molecule has 3 aromatic rings. The van der Waals surface area contributed by atoms with Gasteiger partial charge in [-0.2, -0.15) is 0 Å². The zero-order chi connectivity index (χ0) is 19.0. The molecule has 1 saturated heterocycles. The minimum Gasteiger partial charge on any atom is -0.332 e. The number of hydrogen-bond acceptors (Lipinski definition) is 4. The Morgan fingerprint density at radius 3 is 2.85 bits per heavy atom. The average molecular weight is 367 g/mol. The summed E-state index contributed by atoms with van der Waals surface area (Å²) in [6, 6.07) is 9.16. The van der Waals surface area contributed by atoms with E-state index >= 15 is 0 Å². The molecular weight excluding hydrogens is 346 g/mol. The first-order valence-electron chi connectivity index (χ1n) is 9.05. The molecule has 8 heteroatoms. The number of para-hydroxylation sites is 2. The van der Waals surface area contributed by atoms with Gasteiger partial charge in [0.25, 0.3) is 5.56 Å². The second kappa shape index (κ2) is 6.86.